The molecule has 4 rings (SSSR count). The van der Waals surface area contributed by atoms with E-state index in [9.17, 15) is 24.5 Å². The summed E-state index contributed by atoms with van der Waals surface area (Å²) in [6, 6.07) is 3.56. The van der Waals surface area contributed by atoms with Crippen LogP contribution in [0.4, 0.5) is 5.69 Å². The van der Waals surface area contributed by atoms with Crippen LogP contribution in [0, 0.1) is 24.0 Å². The van der Waals surface area contributed by atoms with Crippen LogP contribution in [0.5, 0.6) is 0 Å². The monoisotopic (exact) mass is 485 g/mol. The lowest BCUT2D eigenvalue weighted by Crippen LogP contribution is -2.48. The number of aromatic nitrogens is 2. The van der Waals surface area contributed by atoms with Gasteiger partial charge in [0.15, 0.2) is 0 Å². The lowest BCUT2D eigenvalue weighted by Gasteiger charge is -2.34. The van der Waals surface area contributed by atoms with Gasteiger partial charge in [0.25, 0.3) is 17.2 Å². The highest BCUT2D eigenvalue weighted by molar-refractivity contribution is 7.18. The first-order valence-electron chi connectivity index (χ1n) is 10.6. The molecule has 34 heavy (non-hydrogen) atoms. The van der Waals surface area contributed by atoms with Crippen molar-refractivity contribution >= 4 is 39.1 Å². The van der Waals surface area contributed by atoms with Crippen molar-refractivity contribution < 1.29 is 19.2 Å². The molecule has 1 N–H and O–H groups in total. The molecular formula is C22H23N5O6S. The van der Waals surface area contributed by atoms with Crippen molar-refractivity contribution in [2.75, 3.05) is 33.3 Å². The van der Waals surface area contributed by atoms with Crippen LogP contribution in [0.1, 0.15) is 37.0 Å². The zero-order valence-electron chi connectivity index (χ0n) is 18.9. The smallest absolute Gasteiger partial charge is 0.338 e. The molecule has 1 amide bonds. The summed E-state index contributed by atoms with van der Waals surface area (Å²) < 4.78 is 4.64. The van der Waals surface area contributed by atoms with Gasteiger partial charge in [-0.2, -0.15) is 0 Å². The van der Waals surface area contributed by atoms with E-state index in [1.165, 1.54) is 24.5 Å². The fourth-order valence-electron chi connectivity index (χ4n) is 3.95. The highest BCUT2D eigenvalue weighted by Gasteiger charge is 2.26. The highest BCUT2D eigenvalue weighted by Crippen LogP contribution is 2.26. The van der Waals surface area contributed by atoms with Gasteiger partial charge in [0.1, 0.15) is 10.7 Å². The van der Waals surface area contributed by atoms with Gasteiger partial charge < -0.3 is 14.6 Å². The number of nitro groups is 1. The van der Waals surface area contributed by atoms with Gasteiger partial charge in [0.05, 0.1) is 29.5 Å². The summed E-state index contributed by atoms with van der Waals surface area (Å²) in [6.07, 6.45) is 0. The first-order chi connectivity index (χ1) is 16.2. The molecule has 0 saturated carbocycles. The van der Waals surface area contributed by atoms with Crippen LogP contribution in [0.3, 0.4) is 0 Å². The number of amides is 1. The van der Waals surface area contributed by atoms with Crippen molar-refractivity contribution in [2.24, 2.45) is 0 Å². The van der Waals surface area contributed by atoms with Gasteiger partial charge in [-0.15, -0.1) is 11.3 Å². The van der Waals surface area contributed by atoms with E-state index in [0.29, 0.717) is 43.9 Å². The molecule has 0 spiro atoms. The van der Waals surface area contributed by atoms with Crippen LogP contribution in [-0.4, -0.2) is 69.9 Å². The molecule has 1 fully saturated rings. The van der Waals surface area contributed by atoms with Crippen LogP contribution in [0.25, 0.3) is 10.2 Å². The van der Waals surface area contributed by atoms with E-state index in [0.717, 1.165) is 27.4 Å². The van der Waals surface area contributed by atoms with E-state index < -0.39 is 16.8 Å². The van der Waals surface area contributed by atoms with Crippen LogP contribution in [0.2, 0.25) is 0 Å². The van der Waals surface area contributed by atoms with Gasteiger partial charge in [-0.05, 0) is 25.5 Å². The Morgan fingerprint density at radius 1 is 1.18 bits per heavy atom. The van der Waals surface area contributed by atoms with Crippen molar-refractivity contribution in [3.05, 3.63) is 66.1 Å². The Balaban J connectivity index is 1.46. The number of aryl methyl sites for hydroxylation is 2. The average Bonchev–Trinajstić information content (AvgIpc) is 3.11. The Morgan fingerprint density at radius 3 is 2.50 bits per heavy atom. The van der Waals surface area contributed by atoms with Gasteiger partial charge in [-0.25, -0.2) is 9.78 Å². The summed E-state index contributed by atoms with van der Waals surface area (Å²) in [4.78, 5) is 60.9. The number of methoxy groups -OCH3 is 1. The number of nitrogens with one attached hydrogen (secondary N) is 1. The molecule has 0 bridgehead atoms. The number of thiophene rings is 1. The van der Waals surface area contributed by atoms with Crippen molar-refractivity contribution in [2.45, 2.75) is 20.4 Å². The topological polar surface area (TPSA) is 139 Å². The number of nitrogens with zero attached hydrogens (tertiary/aromatic N) is 4. The van der Waals surface area contributed by atoms with Crippen LogP contribution in [0.15, 0.2) is 23.0 Å². The van der Waals surface area contributed by atoms with Gasteiger partial charge in [-0.3, -0.25) is 24.6 Å². The Morgan fingerprint density at radius 2 is 1.85 bits per heavy atom. The number of rotatable bonds is 5. The summed E-state index contributed by atoms with van der Waals surface area (Å²) in [7, 11) is 1.17. The number of H-pyrrole nitrogens is 1. The van der Waals surface area contributed by atoms with Gasteiger partial charge in [0, 0.05) is 48.8 Å². The number of esters is 1. The molecule has 1 aliphatic rings. The van der Waals surface area contributed by atoms with Crippen molar-refractivity contribution in [3.8, 4) is 0 Å². The summed E-state index contributed by atoms with van der Waals surface area (Å²) in [5, 5.41) is 11.9. The molecule has 0 atom stereocenters. The van der Waals surface area contributed by atoms with E-state index in [1.807, 2.05) is 13.8 Å². The molecular weight excluding hydrogens is 462 g/mol. The third kappa shape index (κ3) is 4.54. The predicted molar refractivity (Wildman–Crippen MR) is 125 cm³/mol. The molecule has 178 valence electrons. The Kier molecular flexibility index (Phi) is 6.44. The second-order valence-electron chi connectivity index (χ2n) is 8.06. The molecule has 0 aliphatic carbocycles. The van der Waals surface area contributed by atoms with Gasteiger partial charge >= 0.3 is 5.97 Å². The van der Waals surface area contributed by atoms with Crippen LogP contribution in [-0.2, 0) is 11.3 Å². The first kappa shape index (κ1) is 23.5. The number of benzene rings is 1. The molecule has 2 aromatic heterocycles. The normalized spacial score (nSPS) is 14.4. The lowest BCUT2D eigenvalue weighted by molar-refractivity contribution is -0.384. The number of fused-ring (bicyclic) bond motifs is 1. The summed E-state index contributed by atoms with van der Waals surface area (Å²) in [6.45, 7) is 6.16. The van der Waals surface area contributed by atoms with Gasteiger partial charge in [0.2, 0.25) is 0 Å². The van der Waals surface area contributed by atoms with Crippen molar-refractivity contribution in [1.29, 1.82) is 0 Å². The number of aromatic amines is 1. The molecule has 0 unspecified atom stereocenters. The summed E-state index contributed by atoms with van der Waals surface area (Å²) in [5.74, 6) is -0.580. The Hall–Kier alpha value is -3.64. The Labute approximate surface area is 198 Å². The number of carbonyl (C=O) groups excluding carboxylic acids is 2. The molecule has 0 radical (unpaired) electrons. The van der Waals surface area contributed by atoms with Crippen LogP contribution < -0.4 is 5.56 Å². The number of ether oxygens (including phenoxy) is 1. The SMILES string of the molecule is COC(=O)c1cc(C(=O)N2CCN(Cc3nc4sc(C)c(C)c4c(=O)[nH]3)CC2)cc([N+](=O)[O-])c1. The standard InChI is InChI=1S/C22H23N5O6S/c1-12-13(2)34-20-18(12)19(28)23-17(24-20)11-25-4-6-26(7-5-25)21(29)14-8-15(22(30)33-3)10-16(9-14)27(31)32/h8-10H,4-7,11H2,1-3H3,(H,23,24,28). The quantitative estimate of drug-likeness (QED) is 0.330. The number of carbonyl (C=O) groups is 2. The average molecular weight is 486 g/mol. The molecule has 3 heterocycles. The maximum absolute atomic E-state index is 13.0. The molecule has 3 aromatic rings. The molecule has 1 aromatic carbocycles. The number of nitro benzene ring substituents is 1. The van der Waals surface area contributed by atoms with Crippen LogP contribution >= 0.6 is 11.3 Å². The number of hydrogen-bond donors (Lipinski definition) is 1. The minimum absolute atomic E-state index is 0.0526. The van der Waals surface area contributed by atoms with E-state index >= 15 is 0 Å². The number of non-ortho nitro benzene ring substituents is 1. The maximum atomic E-state index is 13.0. The molecule has 1 saturated heterocycles. The summed E-state index contributed by atoms with van der Waals surface area (Å²) in [5.41, 5.74) is 0.451. The third-order valence-corrected chi connectivity index (χ3v) is 7.02. The van der Waals surface area contributed by atoms with Crippen molar-refractivity contribution in [1.82, 2.24) is 19.8 Å². The van der Waals surface area contributed by atoms with E-state index in [2.05, 4.69) is 19.6 Å². The first-order valence-corrected chi connectivity index (χ1v) is 11.4. The fraction of sp³-hybridized carbons (Fsp3) is 0.364. The Bertz CT molecular complexity index is 1360. The number of hydrogen-bond acceptors (Lipinski definition) is 9. The zero-order chi connectivity index (χ0) is 24.6. The molecule has 12 heteroatoms. The van der Waals surface area contributed by atoms with E-state index in [4.69, 9.17) is 0 Å². The minimum atomic E-state index is -0.753. The second kappa shape index (κ2) is 9.31. The molecule has 1 aliphatic heterocycles. The van der Waals surface area contributed by atoms with E-state index in [-0.39, 0.29) is 22.4 Å². The zero-order valence-corrected chi connectivity index (χ0v) is 19.7. The van der Waals surface area contributed by atoms with Crippen molar-refractivity contribution in [3.63, 3.8) is 0 Å². The largest absolute Gasteiger partial charge is 0.465 e. The highest BCUT2D eigenvalue weighted by atomic mass is 32.1. The summed E-state index contributed by atoms with van der Waals surface area (Å²) >= 11 is 1.50. The third-order valence-electron chi connectivity index (χ3n) is 5.92. The van der Waals surface area contributed by atoms with E-state index in [1.54, 1.807) is 4.90 Å². The lowest BCUT2D eigenvalue weighted by atomic mass is 10.1. The van der Waals surface area contributed by atoms with Gasteiger partial charge in [-0.1, -0.05) is 0 Å². The molecule has 11 nitrogen and oxygen atoms in total. The second-order valence-corrected chi connectivity index (χ2v) is 9.26. The maximum Gasteiger partial charge on any atom is 0.338 e. The fourth-order valence-corrected chi connectivity index (χ4v) is 5.00. The number of piperazine rings is 1. The minimum Gasteiger partial charge on any atom is -0.465 e. The predicted octanol–water partition coefficient (Wildman–Crippen LogP) is 2.25.